The van der Waals surface area contributed by atoms with Crippen molar-refractivity contribution in [2.45, 2.75) is 12.6 Å². The zero-order valence-electron chi connectivity index (χ0n) is 12.8. The number of nitrogens with zero attached hydrogens (tertiary/aromatic N) is 5. The maximum atomic E-state index is 8.89. The first-order chi connectivity index (χ1) is 11.3. The summed E-state index contributed by atoms with van der Waals surface area (Å²) in [5.41, 5.74) is 0.613. The summed E-state index contributed by atoms with van der Waals surface area (Å²) in [5.74, 6) is 0.733. The van der Waals surface area contributed by atoms with Crippen LogP contribution in [0, 0.1) is 11.3 Å². The van der Waals surface area contributed by atoms with E-state index >= 15 is 0 Å². The van der Waals surface area contributed by atoms with Gasteiger partial charge in [-0.3, -0.25) is 9.58 Å². The molecule has 1 aliphatic rings. The molecule has 120 valence electrons. The van der Waals surface area contributed by atoms with E-state index in [1.165, 1.54) is 6.33 Å². The van der Waals surface area contributed by atoms with Crippen LogP contribution in [0.2, 0.25) is 0 Å². The van der Waals surface area contributed by atoms with Crippen molar-refractivity contribution < 1.29 is 9.47 Å². The lowest BCUT2D eigenvalue weighted by molar-refractivity contribution is -0.0401. The number of ether oxygens (including phenoxy) is 2. The van der Waals surface area contributed by atoms with Crippen LogP contribution in [-0.4, -0.2) is 58.6 Å². The van der Waals surface area contributed by atoms with Crippen LogP contribution < -0.4 is 4.74 Å². The highest BCUT2D eigenvalue weighted by Gasteiger charge is 2.20. The molecule has 0 spiro atoms. The van der Waals surface area contributed by atoms with Gasteiger partial charge in [-0.1, -0.05) is 6.07 Å². The number of benzene rings is 1. The standard InChI is InChI=1S/C16H19N5O2/c17-9-14-2-1-3-15(8-14)22-6-4-20-5-7-23-16(10-20)11-21-13-18-12-19-21/h1-3,8,12-13,16H,4-7,10-11H2/t16-/m1/s1. The van der Waals surface area contributed by atoms with Gasteiger partial charge in [0.1, 0.15) is 25.0 Å². The first-order valence-corrected chi connectivity index (χ1v) is 7.63. The van der Waals surface area contributed by atoms with Crippen LogP contribution >= 0.6 is 0 Å². The zero-order chi connectivity index (χ0) is 15.9. The van der Waals surface area contributed by atoms with Crippen molar-refractivity contribution in [3.05, 3.63) is 42.5 Å². The summed E-state index contributed by atoms with van der Waals surface area (Å²) < 4.78 is 13.3. The van der Waals surface area contributed by atoms with Crippen LogP contribution in [0.5, 0.6) is 5.75 Å². The quantitative estimate of drug-likeness (QED) is 0.789. The van der Waals surface area contributed by atoms with Crippen LogP contribution in [0.1, 0.15) is 5.56 Å². The van der Waals surface area contributed by atoms with Crippen LogP contribution in [-0.2, 0) is 11.3 Å². The SMILES string of the molecule is N#Cc1cccc(OCCN2CCO[C@@H](Cn3cncn3)C2)c1. The molecule has 7 nitrogen and oxygen atoms in total. The first kappa shape index (κ1) is 15.5. The molecule has 1 fully saturated rings. The highest BCUT2D eigenvalue weighted by Crippen LogP contribution is 2.13. The van der Waals surface area contributed by atoms with Crippen molar-refractivity contribution in [1.82, 2.24) is 19.7 Å². The van der Waals surface area contributed by atoms with E-state index in [2.05, 4.69) is 21.1 Å². The van der Waals surface area contributed by atoms with Gasteiger partial charge in [0, 0.05) is 19.6 Å². The predicted molar refractivity (Wildman–Crippen MR) is 82.9 cm³/mol. The lowest BCUT2D eigenvalue weighted by atomic mass is 10.2. The largest absolute Gasteiger partial charge is 0.492 e. The van der Waals surface area contributed by atoms with Gasteiger partial charge in [-0.15, -0.1) is 0 Å². The molecule has 1 aliphatic heterocycles. The Hall–Kier alpha value is -2.43. The van der Waals surface area contributed by atoms with Crippen molar-refractivity contribution >= 4 is 0 Å². The van der Waals surface area contributed by atoms with E-state index in [1.54, 1.807) is 23.1 Å². The van der Waals surface area contributed by atoms with Gasteiger partial charge in [0.15, 0.2) is 0 Å². The molecule has 0 unspecified atom stereocenters. The van der Waals surface area contributed by atoms with E-state index in [9.17, 15) is 0 Å². The van der Waals surface area contributed by atoms with Crippen LogP contribution in [0.15, 0.2) is 36.9 Å². The summed E-state index contributed by atoms with van der Waals surface area (Å²) >= 11 is 0. The van der Waals surface area contributed by atoms with E-state index < -0.39 is 0 Å². The Morgan fingerprint density at radius 1 is 1.43 bits per heavy atom. The summed E-state index contributed by atoms with van der Waals surface area (Å²) in [6.07, 6.45) is 3.35. The molecule has 3 rings (SSSR count). The molecule has 0 saturated carbocycles. The number of morpholine rings is 1. The maximum absolute atomic E-state index is 8.89. The Morgan fingerprint density at radius 3 is 3.22 bits per heavy atom. The Labute approximate surface area is 135 Å². The molecule has 1 aromatic heterocycles. The summed E-state index contributed by atoms with van der Waals surface area (Å²) in [5, 5.41) is 13.0. The van der Waals surface area contributed by atoms with Crippen molar-refractivity contribution in [2.24, 2.45) is 0 Å². The zero-order valence-corrected chi connectivity index (χ0v) is 12.8. The lowest BCUT2D eigenvalue weighted by Crippen LogP contribution is -2.45. The summed E-state index contributed by atoms with van der Waals surface area (Å²) in [4.78, 5) is 6.26. The molecular weight excluding hydrogens is 294 g/mol. The average molecular weight is 313 g/mol. The third-order valence-corrected chi connectivity index (χ3v) is 3.72. The summed E-state index contributed by atoms with van der Waals surface area (Å²) in [7, 11) is 0. The monoisotopic (exact) mass is 313 g/mol. The Morgan fingerprint density at radius 2 is 2.39 bits per heavy atom. The molecule has 0 aliphatic carbocycles. The number of aromatic nitrogens is 3. The first-order valence-electron chi connectivity index (χ1n) is 7.63. The number of hydrogen-bond acceptors (Lipinski definition) is 6. The van der Waals surface area contributed by atoms with Gasteiger partial charge in [-0.25, -0.2) is 4.98 Å². The molecular formula is C16H19N5O2. The van der Waals surface area contributed by atoms with E-state index in [-0.39, 0.29) is 6.10 Å². The topological polar surface area (TPSA) is 76.2 Å². The second-order valence-corrected chi connectivity index (χ2v) is 5.40. The minimum atomic E-state index is 0.118. The number of rotatable bonds is 6. The molecule has 23 heavy (non-hydrogen) atoms. The van der Waals surface area contributed by atoms with Crippen LogP contribution in [0.25, 0.3) is 0 Å². The van der Waals surface area contributed by atoms with Gasteiger partial charge >= 0.3 is 0 Å². The van der Waals surface area contributed by atoms with E-state index in [0.29, 0.717) is 25.3 Å². The van der Waals surface area contributed by atoms with Gasteiger partial charge < -0.3 is 9.47 Å². The average Bonchev–Trinajstić information content (AvgIpc) is 3.08. The molecule has 0 N–H and O–H groups in total. The molecule has 1 aromatic carbocycles. The minimum absolute atomic E-state index is 0.118. The van der Waals surface area contributed by atoms with Crippen molar-refractivity contribution in [3.8, 4) is 11.8 Å². The summed E-state index contributed by atoms with van der Waals surface area (Å²) in [6.45, 7) is 4.58. The van der Waals surface area contributed by atoms with Crippen LogP contribution in [0.3, 0.4) is 0 Å². The maximum Gasteiger partial charge on any atom is 0.137 e. The van der Waals surface area contributed by atoms with Crippen LogP contribution in [0.4, 0.5) is 0 Å². The highest BCUT2D eigenvalue weighted by atomic mass is 16.5. The van der Waals surface area contributed by atoms with Gasteiger partial charge in [0.05, 0.1) is 30.9 Å². The third-order valence-electron chi connectivity index (χ3n) is 3.72. The predicted octanol–water partition coefficient (Wildman–Crippen LogP) is 0.930. The Balaban J connectivity index is 1.43. The van der Waals surface area contributed by atoms with Crippen molar-refractivity contribution in [1.29, 1.82) is 5.26 Å². The fourth-order valence-corrected chi connectivity index (χ4v) is 2.58. The van der Waals surface area contributed by atoms with E-state index in [0.717, 1.165) is 25.4 Å². The fraction of sp³-hybridized carbons (Fsp3) is 0.438. The van der Waals surface area contributed by atoms with Crippen molar-refractivity contribution in [2.75, 3.05) is 32.8 Å². The Kier molecular flexibility index (Phi) is 5.19. The van der Waals surface area contributed by atoms with Crippen molar-refractivity contribution in [3.63, 3.8) is 0 Å². The lowest BCUT2D eigenvalue weighted by Gasteiger charge is -2.32. The Bertz CT molecular complexity index is 653. The molecule has 0 amide bonds. The normalized spacial score (nSPS) is 18.5. The van der Waals surface area contributed by atoms with Gasteiger partial charge in [0.2, 0.25) is 0 Å². The van der Waals surface area contributed by atoms with Gasteiger partial charge in [-0.2, -0.15) is 10.4 Å². The van der Waals surface area contributed by atoms with Gasteiger partial charge in [0.25, 0.3) is 0 Å². The smallest absolute Gasteiger partial charge is 0.137 e. The second-order valence-electron chi connectivity index (χ2n) is 5.40. The number of hydrogen-bond donors (Lipinski definition) is 0. The molecule has 1 atom stereocenters. The third kappa shape index (κ3) is 4.52. The molecule has 2 aromatic rings. The summed E-state index contributed by atoms with van der Waals surface area (Å²) in [6, 6.07) is 9.34. The number of nitriles is 1. The molecule has 7 heteroatoms. The second kappa shape index (κ2) is 7.72. The van der Waals surface area contributed by atoms with E-state index in [4.69, 9.17) is 14.7 Å². The molecule has 0 bridgehead atoms. The minimum Gasteiger partial charge on any atom is -0.492 e. The molecule has 2 heterocycles. The molecule has 0 radical (unpaired) electrons. The highest BCUT2D eigenvalue weighted by molar-refractivity contribution is 5.36. The van der Waals surface area contributed by atoms with Gasteiger partial charge in [-0.05, 0) is 18.2 Å². The fourth-order valence-electron chi connectivity index (χ4n) is 2.58. The van der Waals surface area contributed by atoms with E-state index in [1.807, 2.05) is 12.1 Å². The molecule has 1 saturated heterocycles.